The lowest BCUT2D eigenvalue weighted by atomic mass is 9.89. The molecule has 0 aromatic rings. The number of piperidine rings is 1. The van der Waals surface area contributed by atoms with E-state index in [0.29, 0.717) is 5.57 Å². The van der Waals surface area contributed by atoms with Crippen molar-refractivity contribution in [3.8, 4) is 0 Å². The molecule has 0 aliphatic carbocycles. The minimum atomic E-state index is -0.879. The minimum Gasteiger partial charge on any atom is -0.393 e. The fraction of sp³-hybridized carbons (Fsp3) is 0.588. The lowest BCUT2D eigenvalue weighted by Gasteiger charge is -2.23. The normalized spacial score (nSPS) is 20.2. The fourth-order valence-corrected chi connectivity index (χ4v) is 2.71. The Balaban J connectivity index is 2.54. The van der Waals surface area contributed by atoms with Crippen LogP contribution >= 0.6 is 0 Å². The zero-order valence-corrected chi connectivity index (χ0v) is 13.8. The van der Waals surface area contributed by atoms with Crippen molar-refractivity contribution in [3.05, 3.63) is 23.3 Å². The Labute approximate surface area is 136 Å². The number of hydrogen-bond donors (Lipinski definition) is 3. The first-order chi connectivity index (χ1) is 10.7. The van der Waals surface area contributed by atoms with E-state index in [-0.39, 0.29) is 49.2 Å². The highest BCUT2D eigenvalue weighted by molar-refractivity contribution is 5.98. The summed E-state index contributed by atoms with van der Waals surface area (Å²) in [6.07, 6.45) is 2.42. The number of carbonyl (C=O) groups excluding carboxylic acids is 3. The summed E-state index contributed by atoms with van der Waals surface area (Å²) >= 11 is 0. The second-order valence-corrected chi connectivity index (χ2v) is 6.24. The number of aliphatic hydroxyl groups is 2. The number of nitrogens with one attached hydrogen (secondary N) is 1. The van der Waals surface area contributed by atoms with Crippen molar-refractivity contribution in [3.63, 3.8) is 0 Å². The Morgan fingerprint density at radius 2 is 1.83 bits per heavy atom. The molecule has 0 bridgehead atoms. The van der Waals surface area contributed by atoms with Gasteiger partial charge in [0.15, 0.2) is 5.78 Å². The van der Waals surface area contributed by atoms with E-state index in [4.69, 9.17) is 0 Å². The van der Waals surface area contributed by atoms with Crippen molar-refractivity contribution in [2.75, 3.05) is 0 Å². The molecular weight excluding hydrogens is 298 g/mol. The van der Waals surface area contributed by atoms with Crippen molar-refractivity contribution >= 4 is 17.6 Å². The first kappa shape index (κ1) is 19.3. The topological polar surface area (TPSA) is 104 Å². The van der Waals surface area contributed by atoms with Crippen LogP contribution < -0.4 is 5.32 Å². The standard InChI is InChI=1S/C17H25NO5/c1-10(5-12(3)19)4-11(2)15(21)9-14(20)6-13-7-16(22)18-17(23)8-13/h4-5,12-14,19-20H,6-9H2,1-3H3,(H,18,22,23)/b10-5?,11-4+/t12-,14+/m0/s1. The van der Waals surface area contributed by atoms with Gasteiger partial charge in [0.2, 0.25) is 11.8 Å². The smallest absolute Gasteiger partial charge is 0.226 e. The summed E-state index contributed by atoms with van der Waals surface area (Å²) in [5.74, 6) is -1.08. The molecule has 1 saturated heterocycles. The van der Waals surface area contributed by atoms with E-state index in [2.05, 4.69) is 5.32 Å². The third-order valence-corrected chi connectivity index (χ3v) is 3.64. The van der Waals surface area contributed by atoms with Crippen LogP contribution in [0.3, 0.4) is 0 Å². The summed E-state index contributed by atoms with van der Waals surface area (Å²) < 4.78 is 0. The number of rotatable bonds is 7. The lowest BCUT2D eigenvalue weighted by molar-refractivity contribution is -0.135. The van der Waals surface area contributed by atoms with Crippen molar-refractivity contribution < 1.29 is 24.6 Å². The summed E-state index contributed by atoms with van der Waals surface area (Å²) in [6, 6.07) is 0. The SMILES string of the molecule is CC(=C[C@H](C)O)/C=C(\C)C(=O)C[C@H](O)CC1CC(=O)NC(=O)C1. The molecule has 23 heavy (non-hydrogen) atoms. The number of imide groups is 1. The third-order valence-electron chi connectivity index (χ3n) is 3.64. The molecule has 1 rings (SSSR count). The number of ketones is 1. The molecule has 0 radical (unpaired) electrons. The largest absolute Gasteiger partial charge is 0.393 e. The number of carbonyl (C=O) groups is 3. The van der Waals surface area contributed by atoms with Crippen molar-refractivity contribution in [1.29, 1.82) is 0 Å². The van der Waals surface area contributed by atoms with E-state index in [9.17, 15) is 24.6 Å². The maximum absolute atomic E-state index is 12.1. The van der Waals surface area contributed by atoms with Crippen LogP contribution in [0.15, 0.2) is 23.3 Å². The highest BCUT2D eigenvalue weighted by Crippen LogP contribution is 2.21. The Hall–Kier alpha value is -1.79. The molecule has 0 spiro atoms. The molecule has 0 saturated carbocycles. The Morgan fingerprint density at radius 3 is 2.35 bits per heavy atom. The van der Waals surface area contributed by atoms with E-state index in [1.165, 1.54) is 0 Å². The van der Waals surface area contributed by atoms with Gasteiger partial charge in [0.25, 0.3) is 0 Å². The number of hydrogen-bond acceptors (Lipinski definition) is 5. The van der Waals surface area contributed by atoms with Crippen molar-refractivity contribution in [1.82, 2.24) is 5.32 Å². The highest BCUT2D eigenvalue weighted by Gasteiger charge is 2.27. The van der Waals surface area contributed by atoms with E-state index in [1.807, 2.05) is 0 Å². The number of Topliss-reactive ketones (excluding diaryl/α,β-unsaturated/α-hetero) is 1. The maximum Gasteiger partial charge on any atom is 0.226 e. The first-order valence-corrected chi connectivity index (χ1v) is 7.76. The molecule has 0 unspecified atom stereocenters. The van der Waals surface area contributed by atoms with Gasteiger partial charge in [-0.05, 0) is 38.7 Å². The predicted octanol–water partition coefficient (Wildman–Crippen LogP) is 1.02. The second kappa shape index (κ2) is 8.74. The van der Waals surface area contributed by atoms with Gasteiger partial charge in [-0.3, -0.25) is 19.7 Å². The van der Waals surface area contributed by atoms with Crippen LogP contribution in [-0.2, 0) is 14.4 Å². The van der Waals surface area contributed by atoms with Gasteiger partial charge in [-0.2, -0.15) is 0 Å². The minimum absolute atomic E-state index is 0.0450. The second-order valence-electron chi connectivity index (χ2n) is 6.24. The predicted molar refractivity (Wildman–Crippen MR) is 85.3 cm³/mol. The van der Waals surface area contributed by atoms with E-state index < -0.39 is 12.2 Å². The van der Waals surface area contributed by atoms with Gasteiger partial charge in [-0.25, -0.2) is 0 Å². The summed E-state index contributed by atoms with van der Waals surface area (Å²) in [5.41, 5.74) is 1.27. The molecule has 0 aromatic heterocycles. The zero-order chi connectivity index (χ0) is 17.6. The van der Waals surface area contributed by atoms with E-state index >= 15 is 0 Å². The van der Waals surface area contributed by atoms with Crippen LogP contribution in [0.5, 0.6) is 0 Å². The molecule has 128 valence electrons. The fourth-order valence-electron chi connectivity index (χ4n) is 2.71. The summed E-state index contributed by atoms with van der Waals surface area (Å²) in [4.78, 5) is 34.7. The lowest BCUT2D eigenvalue weighted by Crippen LogP contribution is -2.39. The summed E-state index contributed by atoms with van der Waals surface area (Å²) in [5, 5.41) is 21.5. The molecule has 0 aromatic carbocycles. The zero-order valence-electron chi connectivity index (χ0n) is 13.8. The average molecular weight is 323 g/mol. The van der Waals surface area contributed by atoms with Gasteiger partial charge < -0.3 is 10.2 Å². The summed E-state index contributed by atoms with van der Waals surface area (Å²) in [6.45, 7) is 5.07. The van der Waals surface area contributed by atoms with E-state index in [1.54, 1.807) is 32.9 Å². The molecule has 1 aliphatic rings. The maximum atomic E-state index is 12.1. The Morgan fingerprint density at radius 1 is 1.26 bits per heavy atom. The molecule has 1 fully saturated rings. The molecule has 1 aliphatic heterocycles. The van der Waals surface area contributed by atoms with Crippen LogP contribution in [0.4, 0.5) is 0 Å². The van der Waals surface area contributed by atoms with Gasteiger partial charge >= 0.3 is 0 Å². The van der Waals surface area contributed by atoms with Gasteiger partial charge in [-0.15, -0.1) is 0 Å². The van der Waals surface area contributed by atoms with Crippen molar-refractivity contribution in [2.45, 2.75) is 58.7 Å². The quantitative estimate of drug-likeness (QED) is 0.369. The van der Waals surface area contributed by atoms with Crippen LogP contribution in [-0.4, -0.2) is 40.0 Å². The monoisotopic (exact) mass is 323 g/mol. The third kappa shape index (κ3) is 7.34. The van der Waals surface area contributed by atoms with Gasteiger partial charge in [0.1, 0.15) is 0 Å². The van der Waals surface area contributed by atoms with Crippen LogP contribution in [0.1, 0.15) is 46.5 Å². The Bertz CT molecular complexity index is 517. The molecule has 2 atom stereocenters. The van der Waals surface area contributed by atoms with E-state index in [0.717, 1.165) is 5.57 Å². The Kier molecular flexibility index (Phi) is 7.32. The van der Waals surface area contributed by atoms with Crippen LogP contribution in [0.2, 0.25) is 0 Å². The molecule has 6 nitrogen and oxygen atoms in total. The first-order valence-electron chi connectivity index (χ1n) is 7.76. The molecule has 1 heterocycles. The van der Waals surface area contributed by atoms with Crippen LogP contribution in [0.25, 0.3) is 0 Å². The highest BCUT2D eigenvalue weighted by atomic mass is 16.3. The molecule has 6 heteroatoms. The van der Waals surface area contributed by atoms with Gasteiger partial charge in [0, 0.05) is 19.3 Å². The molecule has 2 amide bonds. The van der Waals surface area contributed by atoms with Gasteiger partial charge in [-0.1, -0.05) is 17.7 Å². The number of aliphatic hydroxyl groups excluding tert-OH is 2. The van der Waals surface area contributed by atoms with Gasteiger partial charge in [0.05, 0.1) is 12.2 Å². The molecular formula is C17H25NO5. The number of allylic oxidation sites excluding steroid dienone is 3. The number of amides is 2. The van der Waals surface area contributed by atoms with Crippen LogP contribution in [0, 0.1) is 5.92 Å². The average Bonchev–Trinajstić information content (AvgIpc) is 2.35. The molecule has 3 N–H and O–H groups in total. The van der Waals surface area contributed by atoms with Crippen molar-refractivity contribution in [2.24, 2.45) is 5.92 Å². The summed E-state index contributed by atoms with van der Waals surface area (Å²) in [7, 11) is 0.